The number of thiazole rings is 1. The maximum absolute atomic E-state index is 12.7. The zero-order valence-electron chi connectivity index (χ0n) is 16.4. The van der Waals surface area contributed by atoms with Gasteiger partial charge in [0.2, 0.25) is 11.0 Å². The lowest BCUT2D eigenvalue weighted by Crippen LogP contribution is -2.18. The Bertz CT molecular complexity index is 1180. The number of nitrogens with zero attached hydrogens (tertiary/aromatic N) is 3. The number of anilines is 1. The van der Waals surface area contributed by atoms with E-state index in [4.69, 9.17) is 14.8 Å². The van der Waals surface area contributed by atoms with Crippen LogP contribution in [0.1, 0.15) is 17.7 Å². The van der Waals surface area contributed by atoms with Crippen LogP contribution in [0.5, 0.6) is 5.75 Å². The highest BCUT2D eigenvalue weighted by molar-refractivity contribution is 8.00. The minimum absolute atomic E-state index is 0.0484. The molecule has 0 aliphatic heterocycles. The smallest absolute Gasteiger partial charge is 0.235 e. The third kappa shape index (κ3) is 3.68. The molecule has 0 fully saturated rings. The number of aromatic nitrogens is 3. The zero-order valence-corrected chi connectivity index (χ0v) is 18.1. The molecule has 2 aromatic carbocycles. The number of carbonyl (C=O) groups is 1. The van der Waals surface area contributed by atoms with Crippen molar-refractivity contribution in [2.24, 2.45) is 0 Å². The van der Waals surface area contributed by atoms with Crippen LogP contribution < -0.4 is 10.1 Å². The third-order valence-electron chi connectivity index (χ3n) is 5.06. The molecule has 0 saturated heterocycles. The minimum atomic E-state index is -0.0484. The summed E-state index contributed by atoms with van der Waals surface area (Å²) in [5.74, 6) is 1.85. The average molecular weight is 437 g/mol. The number of fused-ring (bicyclic) bond motifs is 2. The van der Waals surface area contributed by atoms with Gasteiger partial charge >= 0.3 is 0 Å². The summed E-state index contributed by atoms with van der Waals surface area (Å²) in [7, 11) is 1.64. The second-order valence-electron chi connectivity index (χ2n) is 7.02. The lowest BCUT2D eigenvalue weighted by molar-refractivity contribution is -0.113. The average Bonchev–Trinajstić information content (AvgIpc) is 3.48. The number of para-hydroxylation sites is 1. The number of ether oxygens (including phenoxy) is 1. The molecule has 2 heterocycles. The predicted octanol–water partition coefficient (Wildman–Crippen LogP) is 4.71. The van der Waals surface area contributed by atoms with E-state index in [0.717, 1.165) is 62.3 Å². The third-order valence-corrected chi connectivity index (χ3v) is 7.08. The highest BCUT2D eigenvalue weighted by atomic mass is 32.2. The zero-order chi connectivity index (χ0) is 20.5. The van der Waals surface area contributed by atoms with Gasteiger partial charge < -0.3 is 10.1 Å². The van der Waals surface area contributed by atoms with E-state index in [0.29, 0.717) is 5.75 Å². The molecule has 4 aromatic rings. The first-order chi connectivity index (χ1) is 14.7. The van der Waals surface area contributed by atoms with Crippen LogP contribution in [0, 0.1) is 0 Å². The van der Waals surface area contributed by atoms with Crippen molar-refractivity contribution in [2.45, 2.75) is 24.2 Å². The van der Waals surface area contributed by atoms with Gasteiger partial charge in [0.1, 0.15) is 11.6 Å². The second-order valence-corrected chi connectivity index (χ2v) is 9.07. The molecule has 0 spiro atoms. The fourth-order valence-electron chi connectivity index (χ4n) is 3.60. The molecule has 1 amide bonds. The largest absolute Gasteiger partial charge is 0.497 e. The summed E-state index contributed by atoms with van der Waals surface area (Å²) < 4.78 is 8.10. The van der Waals surface area contributed by atoms with Crippen LogP contribution in [0.2, 0.25) is 0 Å². The number of thioether (sulfide) groups is 1. The molecular formula is C22H20N4O2S2. The Balaban J connectivity index is 1.37. The van der Waals surface area contributed by atoms with Crippen molar-refractivity contribution in [1.82, 2.24) is 14.8 Å². The summed E-state index contributed by atoms with van der Waals surface area (Å²) in [6.07, 6.45) is 2.94. The van der Waals surface area contributed by atoms with E-state index < -0.39 is 0 Å². The van der Waals surface area contributed by atoms with Crippen molar-refractivity contribution in [2.75, 3.05) is 18.2 Å². The van der Waals surface area contributed by atoms with E-state index in [1.807, 2.05) is 47.1 Å². The summed E-state index contributed by atoms with van der Waals surface area (Å²) in [4.78, 5) is 18.5. The summed E-state index contributed by atoms with van der Waals surface area (Å²) in [6.45, 7) is 0. The van der Waals surface area contributed by atoms with Gasteiger partial charge in [-0.2, -0.15) is 9.78 Å². The molecule has 30 heavy (non-hydrogen) atoms. The van der Waals surface area contributed by atoms with Crippen LogP contribution in [-0.4, -0.2) is 33.5 Å². The fourth-order valence-corrected chi connectivity index (χ4v) is 5.22. The Labute approximate surface area is 182 Å². The number of amides is 1. The molecule has 1 aliphatic rings. The SMILES string of the molecule is COc1ccc(SCC(=O)Nc2c3c(nn2-c2nc4ccccc4s2)CCC3)cc1. The Morgan fingerprint density at radius 2 is 2.03 bits per heavy atom. The van der Waals surface area contributed by atoms with E-state index in [-0.39, 0.29) is 5.91 Å². The molecule has 2 aromatic heterocycles. The molecule has 1 N–H and O–H groups in total. The normalized spacial score (nSPS) is 12.8. The van der Waals surface area contributed by atoms with Gasteiger partial charge in [0.05, 0.1) is 28.8 Å². The second kappa shape index (κ2) is 8.12. The Morgan fingerprint density at radius 3 is 2.83 bits per heavy atom. The molecule has 5 rings (SSSR count). The Kier molecular flexibility index (Phi) is 5.18. The van der Waals surface area contributed by atoms with Crippen molar-refractivity contribution in [3.05, 3.63) is 59.8 Å². The van der Waals surface area contributed by atoms with Crippen LogP contribution in [0.25, 0.3) is 15.3 Å². The predicted molar refractivity (Wildman–Crippen MR) is 121 cm³/mol. The van der Waals surface area contributed by atoms with Crippen LogP contribution in [-0.2, 0) is 17.6 Å². The Morgan fingerprint density at radius 1 is 1.20 bits per heavy atom. The maximum atomic E-state index is 12.7. The van der Waals surface area contributed by atoms with Crippen molar-refractivity contribution in [3.8, 4) is 10.9 Å². The molecule has 152 valence electrons. The lowest BCUT2D eigenvalue weighted by Gasteiger charge is -2.09. The standard InChI is InChI=1S/C22H20N4O2S2/c1-28-14-9-11-15(12-10-14)29-13-20(27)24-21-16-5-4-7-17(16)25-26(21)22-23-18-6-2-3-8-19(18)30-22/h2-3,6,8-12H,4-5,7,13H2,1H3,(H,24,27). The van der Waals surface area contributed by atoms with Gasteiger partial charge in [-0.05, 0) is 55.7 Å². The first-order valence-electron chi connectivity index (χ1n) is 9.74. The highest BCUT2D eigenvalue weighted by Crippen LogP contribution is 2.34. The summed E-state index contributed by atoms with van der Waals surface area (Å²) in [5, 5.41) is 8.67. The van der Waals surface area contributed by atoms with Crippen LogP contribution in [0.3, 0.4) is 0 Å². The quantitative estimate of drug-likeness (QED) is 0.443. The first-order valence-corrected chi connectivity index (χ1v) is 11.5. The number of benzene rings is 2. The van der Waals surface area contributed by atoms with Crippen molar-refractivity contribution < 1.29 is 9.53 Å². The van der Waals surface area contributed by atoms with Gasteiger partial charge in [0, 0.05) is 10.5 Å². The number of nitrogens with one attached hydrogen (secondary N) is 1. The number of hydrogen-bond acceptors (Lipinski definition) is 6. The number of aryl methyl sites for hydroxylation is 1. The van der Waals surface area contributed by atoms with Crippen molar-refractivity contribution in [3.63, 3.8) is 0 Å². The number of hydrogen-bond donors (Lipinski definition) is 1. The van der Waals surface area contributed by atoms with E-state index in [9.17, 15) is 4.79 Å². The van der Waals surface area contributed by atoms with E-state index >= 15 is 0 Å². The minimum Gasteiger partial charge on any atom is -0.497 e. The van der Waals surface area contributed by atoms with E-state index in [1.165, 1.54) is 11.8 Å². The van der Waals surface area contributed by atoms with Gasteiger partial charge in [-0.25, -0.2) is 4.98 Å². The van der Waals surface area contributed by atoms with Crippen molar-refractivity contribution in [1.29, 1.82) is 0 Å². The van der Waals surface area contributed by atoms with Crippen molar-refractivity contribution >= 4 is 45.0 Å². The highest BCUT2D eigenvalue weighted by Gasteiger charge is 2.25. The molecule has 6 nitrogen and oxygen atoms in total. The molecule has 0 saturated carbocycles. The topological polar surface area (TPSA) is 69.0 Å². The number of carbonyl (C=O) groups excluding carboxylic acids is 1. The number of rotatable bonds is 6. The first kappa shape index (κ1) is 19.1. The van der Waals surface area contributed by atoms with Gasteiger partial charge in [-0.1, -0.05) is 23.5 Å². The van der Waals surface area contributed by atoms with Gasteiger partial charge in [0.15, 0.2) is 0 Å². The summed E-state index contributed by atoms with van der Waals surface area (Å²) >= 11 is 3.08. The lowest BCUT2D eigenvalue weighted by atomic mass is 10.2. The molecule has 0 radical (unpaired) electrons. The summed E-state index contributed by atoms with van der Waals surface area (Å²) in [5.41, 5.74) is 3.14. The Hall–Kier alpha value is -2.84. The van der Waals surface area contributed by atoms with Crippen LogP contribution in [0.15, 0.2) is 53.4 Å². The summed E-state index contributed by atoms with van der Waals surface area (Å²) in [6, 6.07) is 15.7. The van der Waals surface area contributed by atoms with Gasteiger partial charge in [0.25, 0.3) is 0 Å². The van der Waals surface area contributed by atoms with Gasteiger partial charge in [-0.3, -0.25) is 4.79 Å². The fraction of sp³-hybridized carbons (Fsp3) is 0.227. The maximum Gasteiger partial charge on any atom is 0.235 e. The van der Waals surface area contributed by atoms with E-state index in [2.05, 4.69) is 11.4 Å². The van der Waals surface area contributed by atoms with E-state index in [1.54, 1.807) is 18.4 Å². The number of methoxy groups -OCH3 is 1. The molecular weight excluding hydrogens is 416 g/mol. The monoisotopic (exact) mass is 436 g/mol. The molecule has 0 bridgehead atoms. The molecule has 1 aliphatic carbocycles. The van der Waals surface area contributed by atoms with Gasteiger partial charge in [-0.15, -0.1) is 11.8 Å². The van der Waals surface area contributed by atoms with Crippen LogP contribution in [0.4, 0.5) is 5.82 Å². The molecule has 8 heteroatoms. The molecule has 0 atom stereocenters. The molecule has 0 unspecified atom stereocenters. The van der Waals surface area contributed by atoms with Crippen LogP contribution >= 0.6 is 23.1 Å².